The molecule has 0 unspecified atom stereocenters. The fourth-order valence-electron chi connectivity index (χ4n) is 3.08. The van der Waals surface area contributed by atoms with Crippen LogP contribution in [-0.2, 0) is 13.1 Å². The highest BCUT2D eigenvalue weighted by Gasteiger charge is 2.18. The zero-order valence-corrected chi connectivity index (χ0v) is 16.4. The number of fused-ring (bicyclic) bond motifs is 1. The third-order valence-corrected chi connectivity index (χ3v) is 5.58. The summed E-state index contributed by atoms with van der Waals surface area (Å²) < 4.78 is 5.12. The van der Waals surface area contributed by atoms with Crippen LogP contribution in [0, 0.1) is 10.1 Å². The molecule has 0 amide bonds. The van der Waals surface area contributed by atoms with Gasteiger partial charge in [-0.25, -0.2) is 4.79 Å². The Balaban J connectivity index is 1.52. The number of carbonyl (C=O) groups is 1. The van der Waals surface area contributed by atoms with Crippen LogP contribution in [0.15, 0.2) is 74.9 Å². The van der Waals surface area contributed by atoms with Crippen LogP contribution in [0.25, 0.3) is 10.9 Å². The van der Waals surface area contributed by atoms with E-state index in [2.05, 4.69) is 10.3 Å². The molecule has 152 valence electrons. The van der Waals surface area contributed by atoms with Crippen molar-refractivity contribution in [2.45, 2.75) is 22.9 Å². The second-order valence-corrected chi connectivity index (χ2v) is 7.61. The van der Waals surface area contributed by atoms with Crippen molar-refractivity contribution < 1.29 is 19.2 Å². The van der Waals surface area contributed by atoms with Gasteiger partial charge in [-0.05, 0) is 29.8 Å². The number of hydrogen-bond acceptors (Lipinski definition) is 6. The molecule has 30 heavy (non-hydrogen) atoms. The highest BCUT2D eigenvalue weighted by molar-refractivity contribution is 7.99. The first-order valence-electron chi connectivity index (χ1n) is 9.06. The Bertz CT molecular complexity index is 1220. The van der Waals surface area contributed by atoms with Crippen molar-refractivity contribution in [1.29, 1.82) is 0 Å². The highest BCUT2D eigenvalue weighted by Crippen LogP contribution is 2.37. The summed E-state index contributed by atoms with van der Waals surface area (Å²) in [6.45, 7) is 0.832. The predicted octanol–water partition coefficient (Wildman–Crippen LogP) is 4.81. The number of aromatic amines is 1. The van der Waals surface area contributed by atoms with E-state index >= 15 is 0 Å². The molecule has 0 aliphatic heterocycles. The first-order chi connectivity index (χ1) is 14.5. The van der Waals surface area contributed by atoms with Crippen molar-refractivity contribution in [2.75, 3.05) is 0 Å². The molecule has 0 spiro atoms. The normalized spacial score (nSPS) is 11.1. The quantitative estimate of drug-likeness (QED) is 0.275. The Morgan fingerprint density at radius 1 is 1.13 bits per heavy atom. The van der Waals surface area contributed by atoms with Gasteiger partial charge in [0, 0.05) is 22.3 Å². The number of nitrogens with one attached hydrogen (secondary N) is 2. The molecule has 4 aromatic rings. The molecule has 0 saturated carbocycles. The number of nitrogens with zero attached hydrogens (tertiary/aromatic N) is 1. The van der Waals surface area contributed by atoms with Gasteiger partial charge in [0.15, 0.2) is 0 Å². The first-order valence-corrected chi connectivity index (χ1v) is 9.87. The van der Waals surface area contributed by atoms with Crippen LogP contribution in [0.2, 0.25) is 0 Å². The van der Waals surface area contributed by atoms with E-state index in [1.807, 2.05) is 48.5 Å². The summed E-state index contributed by atoms with van der Waals surface area (Å²) in [6, 6.07) is 18.2. The van der Waals surface area contributed by atoms with Crippen LogP contribution in [0.4, 0.5) is 5.88 Å². The van der Waals surface area contributed by atoms with Crippen molar-refractivity contribution >= 4 is 34.5 Å². The molecule has 0 aliphatic rings. The molecule has 0 aliphatic carbocycles. The molecule has 0 atom stereocenters. The molecule has 4 rings (SSSR count). The number of aromatic nitrogens is 1. The van der Waals surface area contributed by atoms with Gasteiger partial charge in [-0.3, -0.25) is 10.1 Å². The lowest BCUT2D eigenvalue weighted by molar-refractivity contribution is -0.402. The van der Waals surface area contributed by atoms with E-state index in [0.717, 1.165) is 21.4 Å². The number of aromatic carboxylic acids is 1. The Hall–Kier alpha value is -3.56. The van der Waals surface area contributed by atoms with Crippen LogP contribution in [-0.4, -0.2) is 21.0 Å². The molecule has 0 radical (unpaired) electrons. The lowest BCUT2D eigenvalue weighted by atomic mass is 10.1. The summed E-state index contributed by atoms with van der Waals surface area (Å²) in [7, 11) is 0. The number of H-pyrrole nitrogens is 1. The van der Waals surface area contributed by atoms with Crippen molar-refractivity contribution in [3.05, 3.63) is 87.8 Å². The van der Waals surface area contributed by atoms with E-state index in [1.54, 1.807) is 6.07 Å². The van der Waals surface area contributed by atoms with Crippen molar-refractivity contribution in [2.24, 2.45) is 0 Å². The smallest absolute Gasteiger partial charge is 0.433 e. The Morgan fingerprint density at radius 2 is 1.93 bits per heavy atom. The van der Waals surface area contributed by atoms with Gasteiger partial charge < -0.3 is 19.8 Å². The molecular formula is C21H17N3O5S. The molecule has 2 aromatic heterocycles. The molecule has 0 bridgehead atoms. The van der Waals surface area contributed by atoms with Gasteiger partial charge >= 0.3 is 11.9 Å². The number of hydrogen-bond donors (Lipinski definition) is 3. The van der Waals surface area contributed by atoms with E-state index in [4.69, 9.17) is 4.42 Å². The van der Waals surface area contributed by atoms with Gasteiger partial charge in [0.05, 0.1) is 17.5 Å². The number of rotatable bonds is 8. The van der Waals surface area contributed by atoms with Crippen LogP contribution in [0.1, 0.15) is 21.8 Å². The maximum absolute atomic E-state index is 11.7. The summed E-state index contributed by atoms with van der Waals surface area (Å²) in [5.74, 6) is -0.828. The maximum Gasteiger partial charge on any atom is 0.433 e. The standard InChI is InChI=1S/C21H17N3O5S/c25-21(26)19-20(30-15-4-2-1-3-5-15)16-8-6-13(10-17(16)23-19)11-22-12-14-7-9-18(29-14)24(27)28/h1-10,22-23H,11-12H2,(H,25,26). The number of carboxylic acid groups (broad SMARTS) is 1. The predicted molar refractivity (Wildman–Crippen MR) is 112 cm³/mol. The first kappa shape index (κ1) is 19.7. The van der Waals surface area contributed by atoms with Crippen LogP contribution < -0.4 is 5.32 Å². The van der Waals surface area contributed by atoms with E-state index in [-0.39, 0.29) is 11.6 Å². The Morgan fingerprint density at radius 3 is 2.63 bits per heavy atom. The fraction of sp³-hybridized carbons (Fsp3) is 0.0952. The van der Waals surface area contributed by atoms with Crippen molar-refractivity contribution in [3.63, 3.8) is 0 Å². The molecule has 2 aromatic carbocycles. The molecule has 0 fully saturated rings. The SMILES string of the molecule is O=C(O)c1[nH]c2cc(CNCc3ccc([N+](=O)[O-])o3)ccc2c1Sc1ccccc1. The third-order valence-electron chi connectivity index (χ3n) is 4.45. The highest BCUT2D eigenvalue weighted by atomic mass is 32.2. The van der Waals surface area contributed by atoms with Crippen LogP contribution >= 0.6 is 11.8 Å². The minimum absolute atomic E-state index is 0.159. The minimum atomic E-state index is -1.01. The van der Waals surface area contributed by atoms with Crippen molar-refractivity contribution in [1.82, 2.24) is 10.3 Å². The van der Waals surface area contributed by atoms with E-state index < -0.39 is 10.9 Å². The Labute approximate surface area is 175 Å². The summed E-state index contributed by atoms with van der Waals surface area (Å²) in [6.07, 6.45) is 0. The molecule has 9 heteroatoms. The molecule has 3 N–H and O–H groups in total. The summed E-state index contributed by atoms with van der Waals surface area (Å²) in [4.78, 5) is 26.5. The van der Waals surface area contributed by atoms with Gasteiger partial charge in [0.25, 0.3) is 0 Å². The topological polar surface area (TPSA) is 121 Å². The van der Waals surface area contributed by atoms with Crippen LogP contribution in [0.3, 0.4) is 0 Å². The zero-order chi connectivity index (χ0) is 21.1. The van der Waals surface area contributed by atoms with E-state index in [1.165, 1.54) is 17.8 Å². The minimum Gasteiger partial charge on any atom is -0.477 e. The van der Waals surface area contributed by atoms with Gasteiger partial charge in [0.1, 0.15) is 16.4 Å². The maximum atomic E-state index is 11.7. The molecule has 8 nitrogen and oxygen atoms in total. The number of benzene rings is 2. The second kappa shape index (κ2) is 8.44. The van der Waals surface area contributed by atoms with E-state index in [9.17, 15) is 20.0 Å². The second-order valence-electron chi connectivity index (χ2n) is 6.53. The van der Waals surface area contributed by atoms with Gasteiger partial charge in [0.2, 0.25) is 0 Å². The van der Waals surface area contributed by atoms with E-state index in [0.29, 0.717) is 23.7 Å². The summed E-state index contributed by atoms with van der Waals surface area (Å²) in [5.41, 5.74) is 1.84. The molecule has 2 heterocycles. The van der Waals surface area contributed by atoms with Crippen LogP contribution in [0.5, 0.6) is 0 Å². The van der Waals surface area contributed by atoms with Crippen molar-refractivity contribution in [3.8, 4) is 0 Å². The third kappa shape index (κ3) is 4.22. The summed E-state index contributed by atoms with van der Waals surface area (Å²) in [5, 5.41) is 24.3. The monoisotopic (exact) mass is 423 g/mol. The lowest BCUT2D eigenvalue weighted by Gasteiger charge is -2.04. The number of nitro groups is 1. The number of carboxylic acids is 1. The average Bonchev–Trinajstić information content (AvgIpc) is 3.34. The fourth-order valence-corrected chi connectivity index (χ4v) is 4.14. The van der Waals surface area contributed by atoms with Gasteiger partial charge in [-0.15, -0.1) is 0 Å². The lowest BCUT2D eigenvalue weighted by Crippen LogP contribution is -2.12. The molecule has 0 saturated heterocycles. The average molecular weight is 423 g/mol. The van der Waals surface area contributed by atoms with Gasteiger partial charge in [-0.1, -0.05) is 42.1 Å². The number of furan rings is 1. The Kier molecular flexibility index (Phi) is 5.55. The van der Waals surface area contributed by atoms with Gasteiger partial charge in [-0.2, -0.15) is 0 Å². The summed E-state index contributed by atoms with van der Waals surface area (Å²) >= 11 is 1.41. The molecular weight excluding hydrogens is 406 g/mol. The zero-order valence-electron chi connectivity index (χ0n) is 15.6. The largest absolute Gasteiger partial charge is 0.477 e.